The summed E-state index contributed by atoms with van der Waals surface area (Å²) >= 11 is 0. The zero-order valence-corrected chi connectivity index (χ0v) is 11.2. The van der Waals surface area contributed by atoms with Gasteiger partial charge in [-0.2, -0.15) is 0 Å². The molecular weight excluding hydrogens is 250 g/mol. The number of para-hydroxylation sites is 1. The van der Waals surface area contributed by atoms with Crippen LogP contribution in [0.1, 0.15) is 5.56 Å². The van der Waals surface area contributed by atoms with Crippen molar-refractivity contribution in [2.75, 3.05) is 7.11 Å². The second-order valence-corrected chi connectivity index (χ2v) is 4.69. The van der Waals surface area contributed by atoms with E-state index in [9.17, 15) is 4.79 Å². The summed E-state index contributed by atoms with van der Waals surface area (Å²) in [6, 6.07) is 17.2. The quantitative estimate of drug-likeness (QED) is 0.789. The first-order valence-electron chi connectivity index (χ1n) is 6.49. The predicted molar refractivity (Wildman–Crippen MR) is 80.7 cm³/mol. The Kier molecular flexibility index (Phi) is 3.35. The van der Waals surface area contributed by atoms with Crippen molar-refractivity contribution in [1.82, 2.24) is 4.98 Å². The van der Waals surface area contributed by atoms with Crippen molar-refractivity contribution >= 4 is 10.9 Å². The highest BCUT2D eigenvalue weighted by Crippen LogP contribution is 2.20. The number of benzene rings is 2. The lowest BCUT2D eigenvalue weighted by Gasteiger charge is -2.08. The minimum atomic E-state index is 0.0237. The molecule has 20 heavy (non-hydrogen) atoms. The van der Waals surface area contributed by atoms with Crippen molar-refractivity contribution in [2.45, 2.75) is 6.61 Å². The Hall–Kier alpha value is -2.39. The molecule has 100 valence electrons. The molecule has 3 heteroatoms. The topological polar surface area (TPSA) is 42.1 Å². The SMILES string of the molecule is COCc1cccc2c(=O)cc(-c3ccccc3)[nH]c12. The number of methoxy groups -OCH3 is 1. The first-order chi connectivity index (χ1) is 9.79. The van der Waals surface area contributed by atoms with Crippen LogP contribution in [-0.2, 0) is 11.3 Å². The number of aromatic nitrogens is 1. The number of aromatic amines is 1. The molecule has 0 saturated heterocycles. The number of rotatable bonds is 3. The highest BCUT2D eigenvalue weighted by Gasteiger charge is 2.07. The molecule has 3 aromatic rings. The molecule has 0 aliphatic carbocycles. The lowest BCUT2D eigenvalue weighted by atomic mass is 10.1. The van der Waals surface area contributed by atoms with Gasteiger partial charge in [0.25, 0.3) is 0 Å². The number of H-pyrrole nitrogens is 1. The van der Waals surface area contributed by atoms with Crippen molar-refractivity contribution in [3.8, 4) is 11.3 Å². The van der Waals surface area contributed by atoms with Gasteiger partial charge in [0.1, 0.15) is 0 Å². The maximum atomic E-state index is 12.3. The molecule has 0 fully saturated rings. The summed E-state index contributed by atoms with van der Waals surface area (Å²) in [6.45, 7) is 0.478. The van der Waals surface area contributed by atoms with E-state index in [0.29, 0.717) is 12.0 Å². The molecule has 0 radical (unpaired) electrons. The Balaban J connectivity index is 2.27. The maximum Gasteiger partial charge on any atom is 0.190 e. The molecule has 1 N–H and O–H groups in total. The molecule has 3 rings (SSSR count). The van der Waals surface area contributed by atoms with Gasteiger partial charge in [0.05, 0.1) is 12.1 Å². The van der Waals surface area contributed by atoms with Gasteiger partial charge in [-0.1, -0.05) is 42.5 Å². The molecule has 0 saturated carbocycles. The third kappa shape index (κ3) is 2.24. The summed E-state index contributed by atoms with van der Waals surface area (Å²) in [6.07, 6.45) is 0. The molecule has 2 aromatic carbocycles. The third-order valence-electron chi connectivity index (χ3n) is 3.34. The van der Waals surface area contributed by atoms with E-state index in [-0.39, 0.29) is 5.43 Å². The maximum absolute atomic E-state index is 12.3. The molecule has 1 heterocycles. The van der Waals surface area contributed by atoms with Gasteiger partial charge in [0.2, 0.25) is 0 Å². The zero-order chi connectivity index (χ0) is 13.9. The first-order valence-corrected chi connectivity index (χ1v) is 6.49. The van der Waals surface area contributed by atoms with Gasteiger partial charge in [-0.15, -0.1) is 0 Å². The highest BCUT2D eigenvalue weighted by molar-refractivity contribution is 5.84. The summed E-state index contributed by atoms with van der Waals surface area (Å²) in [5.41, 5.74) is 3.68. The van der Waals surface area contributed by atoms with Crippen LogP contribution >= 0.6 is 0 Å². The Morgan fingerprint density at radius 3 is 2.60 bits per heavy atom. The van der Waals surface area contributed by atoms with E-state index in [1.165, 1.54) is 0 Å². The van der Waals surface area contributed by atoms with Gasteiger partial charge in [-0.05, 0) is 11.6 Å². The molecule has 0 bridgehead atoms. The summed E-state index contributed by atoms with van der Waals surface area (Å²) in [7, 11) is 1.65. The van der Waals surface area contributed by atoms with Crippen LogP contribution < -0.4 is 5.43 Å². The summed E-state index contributed by atoms with van der Waals surface area (Å²) in [5.74, 6) is 0. The van der Waals surface area contributed by atoms with E-state index in [4.69, 9.17) is 4.74 Å². The number of nitrogens with one attached hydrogen (secondary N) is 1. The lowest BCUT2D eigenvalue weighted by molar-refractivity contribution is 0.186. The Labute approximate surface area is 116 Å². The Morgan fingerprint density at radius 1 is 1.05 bits per heavy atom. The molecule has 0 unspecified atom stereocenters. The summed E-state index contributed by atoms with van der Waals surface area (Å²) in [5, 5.41) is 0.694. The van der Waals surface area contributed by atoms with E-state index in [1.54, 1.807) is 13.2 Å². The highest BCUT2D eigenvalue weighted by atomic mass is 16.5. The number of pyridine rings is 1. The number of fused-ring (bicyclic) bond motifs is 1. The first kappa shape index (κ1) is 12.6. The molecule has 0 atom stereocenters. The molecule has 0 aliphatic rings. The fraction of sp³-hybridized carbons (Fsp3) is 0.118. The molecule has 0 spiro atoms. The fourth-order valence-electron chi connectivity index (χ4n) is 2.38. The minimum absolute atomic E-state index is 0.0237. The summed E-state index contributed by atoms with van der Waals surface area (Å²) in [4.78, 5) is 15.6. The van der Waals surface area contributed by atoms with Gasteiger partial charge in [-0.25, -0.2) is 0 Å². The third-order valence-corrected chi connectivity index (χ3v) is 3.34. The smallest absolute Gasteiger partial charge is 0.190 e. The lowest BCUT2D eigenvalue weighted by Crippen LogP contribution is -2.05. The monoisotopic (exact) mass is 265 g/mol. The van der Waals surface area contributed by atoms with Crippen molar-refractivity contribution in [1.29, 1.82) is 0 Å². The largest absolute Gasteiger partial charge is 0.380 e. The molecule has 3 nitrogen and oxygen atoms in total. The zero-order valence-electron chi connectivity index (χ0n) is 11.2. The average Bonchev–Trinajstić information content (AvgIpc) is 2.49. The summed E-state index contributed by atoms with van der Waals surface area (Å²) < 4.78 is 5.20. The Morgan fingerprint density at radius 2 is 1.85 bits per heavy atom. The van der Waals surface area contributed by atoms with Crippen LogP contribution in [0, 0.1) is 0 Å². The normalized spacial score (nSPS) is 10.8. The van der Waals surface area contributed by atoms with E-state index in [1.807, 2.05) is 48.5 Å². The van der Waals surface area contributed by atoms with E-state index < -0.39 is 0 Å². The van der Waals surface area contributed by atoms with Crippen molar-refractivity contribution in [2.24, 2.45) is 0 Å². The van der Waals surface area contributed by atoms with Crippen LogP contribution in [0.5, 0.6) is 0 Å². The minimum Gasteiger partial charge on any atom is -0.380 e. The van der Waals surface area contributed by atoms with Crippen molar-refractivity contribution < 1.29 is 4.74 Å². The predicted octanol–water partition coefficient (Wildman–Crippen LogP) is 3.34. The van der Waals surface area contributed by atoms with E-state index in [2.05, 4.69) is 4.98 Å². The number of ether oxygens (including phenoxy) is 1. The van der Waals surface area contributed by atoms with E-state index >= 15 is 0 Å². The van der Waals surface area contributed by atoms with Gasteiger partial charge >= 0.3 is 0 Å². The van der Waals surface area contributed by atoms with Crippen molar-refractivity contribution in [3.63, 3.8) is 0 Å². The van der Waals surface area contributed by atoms with Gasteiger partial charge in [-0.3, -0.25) is 4.79 Å². The average molecular weight is 265 g/mol. The number of hydrogen-bond acceptors (Lipinski definition) is 2. The van der Waals surface area contributed by atoms with E-state index in [0.717, 1.165) is 22.3 Å². The van der Waals surface area contributed by atoms with Crippen LogP contribution in [0.2, 0.25) is 0 Å². The molecular formula is C17H15NO2. The van der Waals surface area contributed by atoms with Crippen LogP contribution in [0.3, 0.4) is 0 Å². The number of hydrogen-bond donors (Lipinski definition) is 1. The van der Waals surface area contributed by atoms with Gasteiger partial charge in [0, 0.05) is 29.8 Å². The van der Waals surface area contributed by atoms with Crippen LogP contribution in [0.25, 0.3) is 22.2 Å². The van der Waals surface area contributed by atoms with Crippen molar-refractivity contribution in [3.05, 3.63) is 70.4 Å². The van der Waals surface area contributed by atoms with Gasteiger partial charge < -0.3 is 9.72 Å². The van der Waals surface area contributed by atoms with Crippen LogP contribution in [-0.4, -0.2) is 12.1 Å². The second-order valence-electron chi connectivity index (χ2n) is 4.69. The standard InChI is InChI=1S/C17H15NO2/c1-20-11-13-8-5-9-14-16(19)10-15(18-17(13)14)12-6-3-2-4-7-12/h2-10H,11H2,1H3,(H,18,19). The second kappa shape index (κ2) is 5.31. The molecule has 0 aliphatic heterocycles. The van der Waals surface area contributed by atoms with Gasteiger partial charge in [0.15, 0.2) is 5.43 Å². The Bertz CT molecular complexity index is 791. The fourth-order valence-corrected chi connectivity index (χ4v) is 2.38. The molecule has 0 amide bonds. The van der Waals surface area contributed by atoms with Crippen LogP contribution in [0.15, 0.2) is 59.4 Å². The van der Waals surface area contributed by atoms with Crippen LogP contribution in [0.4, 0.5) is 0 Å². The molecule has 1 aromatic heterocycles.